The second-order valence-corrected chi connectivity index (χ2v) is 3.48. The number of carbonyl (C=O) groups is 1. The van der Waals surface area contributed by atoms with Gasteiger partial charge in [0.1, 0.15) is 12.3 Å². The van der Waals surface area contributed by atoms with Crippen molar-refractivity contribution in [1.82, 2.24) is 4.57 Å². The number of hydrogen-bond acceptors (Lipinski definition) is 2. The summed E-state index contributed by atoms with van der Waals surface area (Å²) in [6.45, 7) is 1.69. The molecule has 0 aliphatic carbocycles. The highest BCUT2D eigenvalue weighted by Crippen LogP contribution is 2.27. The van der Waals surface area contributed by atoms with Crippen molar-refractivity contribution in [2.45, 2.75) is 13.5 Å². The van der Waals surface area contributed by atoms with Crippen LogP contribution in [0.2, 0.25) is 0 Å². The van der Waals surface area contributed by atoms with Gasteiger partial charge in [0, 0.05) is 11.1 Å². The zero-order valence-corrected chi connectivity index (χ0v) is 8.27. The number of phenolic OH excluding ortho intramolecular Hbond substituents is 1. The van der Waals surface area contributed by atoms with Gasteiger partial charge in [-0.2, -0.15) is 0 Å². The van der Waals surface area contributed by atoms with E-state index in [2.05, 4.69) is 0 Å². The maximum absolute atomic E-state index is 10.7. The zero-order valence-electron chi connectivity index (χ0n) is 8.27. The first-order valence-electron chi connectivity index (χ1n) is 4.59. The first-order chi connectivity index (χ1) is 7.09. The monoisotopic (exact) mass is 205 g/mol. The van der Waals surface area contributed by atoms with E-state index >= 15 is 0 Å². The Morgan fingerprint density at radius 2 is 2.20 bits per heavy atom. The number of benzene rings is 1. The van der Waals surface area contributed by atoms with Crippen molar-refractivity contribution < 1.29 is 15.0 Å². The van der Waals surface area contributed by atoms with Gasteiger partial charge >= 0.3 is 5.97 Å². The van der Waals surface area contributed by atoms with Crippen molar-refractivity contribution in [1.29, 1.82) is 0 Å². The largest absolute Gasteiger partial charge is 0.506 e. The third-order valence-corrected chi connectivity index (χ3v) is 2.40. The lowest BCUT2D eigenvalue weighted by atomic mass is 10.2. The van der Waals surface area contributed by atoms with E-state index in [4.69, 9.17) is 5.11 Å². The topological polar surface area (TPSA) is 62.5 Å². The van der Waals surface area contributed by atoms with Crippen molar-refractivity contribution in [2.24, 2.45) is 0 Å². The van der Waals surface area contributed by atoms with E-state index in [1.54, 1.807) is 16.7 Å². The maximum Gasteiger partial charge on any atom is 0.323 e. The molecule has 0 fully saturated rings. The average Bonchev–Trinajstić information content (AvgIpc) is 2.43. The summed E-state index contributed by atoms with van der Waals surface area (Å²) in [7, 11) is 0. The summed E-state index contributed by atoms with van der Waals surface area (Å²) in [4.78, 5) is 10.7. The number of aromatic hydroxyl groups is 1. The van der Waals surface area contributed by atoms with Crippen molar-refractivity contribution in [3.63, 3.8) is 0 Å². The van der Waals surface area contributed by atoms with Crippen LogP contribution in [0.15, 0.2) is 24.3 Å². The Labute approximate surface area is 86.4 Å². The van der Waals surface area contributed by atoms with Crippen LogP contribution in [0.25, 0.3) is 10.9 Å². The second kappa shape index (κ2) is 3.31. The second-order valence-electron chi connectivity index (χ2n) is 3.48. The highest BCUT2D eigenvalue weighted by atomic mass is 16.4. The molecule has 0 bridgehead atoms. The molecule has 0 unspecified atom stereocenters. The Hall–Kier alpha value is -1.97. The summed E-state index contributed by atoms with van der Waals surface area (Å²) in [5.74, 6) is -0.805. The normalized spacial score (nSPS) is 10.7. The van der Waals surface area contributed by atoms with Gasteiger partial charge in [0.25, 0.3) is 0 Å². The van der Waals surface area contributed by atoms with Crippen LogP contribution in [0.4, 0.5) is 0 Å². The summed E-state index contributed by atoms with van der Waals surface area (Å²) in [5, 5.41) is 19.3. The zero-order chi connectivity index (χ0) is 11.0. The third kappa shape index (κ3) is 1.54. The summed E-state index contributed by atoms with van der Waals surface area (Å²) < 4.78 is 1.59. The van der Waals surface area contributed by atoms with Gasteiger partial charge in [0.2, 0.25) is 0 Å². The molecule has 2 aromatic rings. The fourth-order valence-corrected chi connectivity index (χ4v) is 1.78. The molecule has 1 heterocycles. The molecule has 0 aliphatic rings. The molecular weight excluding hydrogens is 194 g/mol. The average molecular weight is 205 g/mol. The lowest BCUT2D eigenvalue weighted by Gasteiger charge is -2.05. The summed E-state index contributed by atoms with van der Waals surface area (Å²) >= 11 is 0. The number of aromatic nitrogens is 1. The lowest BCUT2D eigenvalue weighted by molar-refractivity contribution is -0.137. The van der Waals surface area contributed by atoms with Gasteiger partial charge in [-0.25, -0.2) is 0 Å². The number of para-hydroxylation sites is 1. The minimum Gasteiger partial charge on any atom is -0.506 e. The van der Waals surface area contributed by atoms with Crippen LogP contribution in [0.3, 0.4) is 0 Å². The molecular formula is C11H11NO3. The van der Waals surface area contributed by atoms with E-state index < -0.39 is 5.97 Å². The highest BCUT2D eigenvalue weighted by Gasteiger charge is 2.11. The number of fused-ring (bicyclic) bond motifs is 1. The molecule has 2 rings (SSSR count). The van der Waals surface area contributed by atoms with Crippen molar-refractivity contribution in [3.05, 3.63) is 30.0 Å². The number of nitrogens with zero attached hydrogens (tertiary/aromatic N) is 1. The van der Waals surface area contributed by atoms with Crippen LogP contribution in [0.1, 0.15) is 5.69 Å². The minimum atomic E-state index is -0.918. The fourth-order valence-electron chi connectivity index (χ4n) is 1.78. The summed E-state index contributed by atoms with van der Waals surface area (Å²) in [5.41, 5.74) is 1.41. The molecule has 0 amide bonds. The molecule has 78 valence electrons. The van der Waals surface area contributed by atoms with Crippen LogP contribution in [-0.2, 0) is 11.3 Å². The molecule has 0 aliphatic heterocycles. The van der Waals surface area contributed by atoms with E-state index in [0.29, 0.717) is 5.52 Å². The van der Waals surface area contributed by atoms with E-state index in [1.807, 2.05) is 19.1 Å². The van der Waals surface area contributed by atoms with E-state index in [-0.39, 0.29) is 12.3 Å². The van der Waals surface area contributed by atoms with Crippen LogP contribution < -0.4 is 0 Å². The minimum absolute atomic E-state index is 0.113. The molecule has 0 saturated carbocycles. The van der Waals surface area contributed by atoms with Gasteiger partial charge in [-0.05, 0) is 19.1 Å². The van der Waals surface area contributed by atoms with Gasteiger partial charge in [0.05, 0.1) is 5.52 Å². The molecule has 1 aromatic heterocycles. The highest BCUT2D eigenvalue weighted by molar-refractivity contribution is 5.87. The van der Waals surface area contributed by atoms with Gasteiger partial charge in [-0.3, -0.25) is 4.79 Å². The lowest BCUT2D eigenvalue weighted by Crippen LogP contribution is -2.09. The predicted molar refractivity (Wildman–Crippen MR) is 56.0 cm³/mol. The van der Waals surface area contributed by atoms with Crippen LogP contribution in [0.5, 0.6) is 5.75 Å². The van der Waals surface area contributed by atoms with E-state index in [0.717, 1.165) is 11.1 Å². The SMILES string of the molecule is Cc1cc2cccc(O)c2n1CC(=O)O. The number of rotatable bonds is 2. The number of carboxylic acids is 1. The van der Waals surface area contributed by atoms with E-state index in [1.165, 1.54) is 0 Å². The fraction of sp³-hybridized carbons (Fsp3) is 0.182. The summed E-state index contributed by atoms with van der Waals surface area (Å²) in [6, 6.07) is 7.00. The Kier molecular flexibility index (Phi) is 2.11. The van der Waals surface area contributed by atoms with Gasteiger partial charge in [0.15, 0.2) is 0 Å². The smallest absolute Gasteiger partial charge is 0.323 e. The molecule has 0 spiro atoms. The molecule has 4 heteroatoms. The van der Waals surface area contributed by atoms with Gasteiger partial charge in [-0.1, -0.05) is 12.1 Å². The van der Waals surface area contributed by atoms with Crippen LogP contribution in [0, 0.1) is 6.92 Å². The molecule has 4 nitrogen and oxygen atoms in total. The number of hydrogen-bond donors (Lipinski definition) is 2. The molecule has 15 heavy (non-hydrogen) atoms. The predicted octanol–water partition coefficient (Wildman–Crippen LogP) is 1.74. The number of aryl methyl sites for hydroxylation is 1. The molecule has 1 aromatic carbocycles. The quantitative estimate of drug-likeness (QED) is 0.784. The molecule has 0 radical (unpaired) electrons. The Morgan fingerprint density at radius 1 is 1.47 bits per heavy atom. The maximum atomic E-state index is 10.7. The van der Waals surface area contributed by atoms with Crippen molar-refractivity contribution >= 4 is 16.9 Å². The molecule has 0 saturated heterocycles. The number of phenols is 1. The van der Waals surface area contributed by atoms with Crippen LogP contribution in [-0.4, -0.2) is 20.7 Å². The standard InChI is InChI=1S/C11H11NO3/c1-7-5-8-3-2-4-9(13)11(8)12(7)6-10(14)15/h2-5,13H,6H2,1H3,(H,14,15). The van der Waals surface area contributed by atoms with Gasteiger partial charge < -0.3 is 14.8 Å². The van der Waals surface area contributed by atoms with Crippen molar-refractivity contribution in [2.75, 3.05) is 0 Å². The van der Waals surface area contributed by atoms with Crippen molar-refractivity contribution in [3.8, 4) is 5.75 Å². The number of carboxylic acid groups (broad SMARTS) is 1. The Bertz CT molecular complexity index is 528. The Balaban J connectivity index is 2.71. The van der Waals surface area contributed by atoms with E-state index in [9.17, 15) is 9.90 Å². The Morgan fingerprint density at radius 3 is 2.87 bits per heavy atom. The molecule has 0 atom stereocenters. The first kappa shape index (κ1) is 9.58. The first-order valence-corrected chi connectivity index (χ1v) is 4.59. The molecule has 2 N–H and O–H groups in total. The summed E-state index contributed by atoms with van der Waals surface area (Å²) in [6.07, 6.45) is 0. The van der Waals surface area contributed by atoms with Gasteiger partial charge in [-0.15, -0.1) is 0 Å². The van der Waals surface area contributed by atoms with Crippen LogP contribution >= 0.6 is 0 Å². The number of aliphatic carboxylic acids is 1. The third-order valence-electron chi connectivity index (χ3n) is 2.40.